The molecule has 0 aliphatic carbocycles. The number of aryl methyl sites for hydroxylation is 2. The quantitative estimate of drug-likeness (QED) is 0.332. The van der Waals surface area contributed by atoms with Crippen LogP contribution < -0.4 is 29.6 Å². The van der Waals surface area contributed by atoms with Gasteiger partial charge in [-0.05, 0) is 59.7 Å². The van der Waals surface area contributed by atoms with Gasteiger partial charge in [-0.2, -0.15) is 0 Å². The van der Waals surface area contributed by atoms with Crippen LogP contribution in [-0.4, -0.2) is 13.0 Å². The molecule has 0 heterocycles. The molecule has 2 aromatic carbocycles. The number of rotatable bonds is 11. The molecule has 0 radical (unpaired) electrons. The van der Waals surface area contributed by atoms with E-state index in [1.165, 1.54) is 55.7 Å². The summed E-state index contributed by atoms with van der Waals surface area (Å²) in [6.07, 6.45) is 11.6. The average Bonchev–Trinajstić information content (AvgIpc) is 2.61. The molecule has 0 spiro atoms. The number of unbranched alkanes of at least 4 members (excludes halogenated alkanes) is 6. The molecule has 0 aliphatic heterocycles. The maximum absolute atomic E-state index is 11.4. The van der Waals surface area contributed by atoms with Crippen molar-refractivity contribution in [2.24, 2.45) is 0 Å². The fraction of sp³-hybridized carbons (Fsp3) is 0.545. The summed E-state index contributed by atoms with van der Waals surface area (Å²) in [6.45, 7) is 4.41. The summed E-state index contributed by atoms with van der Waals surface area (Å²) in [6, 6.07) is 9.14. The van der Waals surface area contributed by atoms with Gasteiger partial charge in [0.15, 0.2) is 0 Å². The smallest absolute Gasteiger partial charge is 0.744 e. The summed E-state index contributed by atoms with van der Waals surface area (Å²) in [4.78, 5) is -0.134. The van der Waals surface area contributed by atoms with Gasteiger partial charge in [-0.25, -0.2) is 8.42 Å². The molecule has 2 rings (SSSR count). The Bertz CT molecular complexity index is 816. The minimum atomic E-state index is -4.42. The van der Waals surface area contributed by atoms with Gasteiger partial charge in [-0.15, -0.1) is 0 Å². The zero-order valence-corrected chi connectivity index (χ0v) is 19.9. The molecule has 144 valence electrons. The van der Waals surface area contributed by atoms with Gasteiger partial charge in [-0.1, -0.05) is 70.6 Å². The third kappa shape index (κ3) is 7.86. The second-order valence-electron chi connectivity index (χ2n) is 7.21. The number of benzene rings is 2. The molecule has 0 bridgehead atoms. The van der Waals surface area contributed by atoms with E-state index in [2.05, 4.69) is 26.0 Å². The van der Waals surface area contributed by atoms with Gasteiger partial charge in [0.05, 0.1) is 4.90 Å². The Morgan fingerprint density at radius 2 is 1.44 bits per heavy atom. The van der Waals surface area contributed by atoms with Gasteiger partial charge >= 0.3 is 29.6 Å². The Labute approximate surface area is 187 Å². The first-order valence-electron chi connectivity index (χ1n) is 9.97. The van der Waals surface area contributed by atoms with Gasteiger partial charge < -0.3 is 4.55 Å². The van der Waals surface area contributed by atoms with Crippen molar-refractivity contribution in [2.75, 3.05) is 0 Å². The first-order valence-corrected chi connectivity index (χ1v) is 11.4. The molecule has 2 aromatic rings. The molecule has 27 heavy (non-hydrogen) atoms. The molecular weight excluding hydrogens is 367 g/mol. The van der Waals surface area contributed by atoms with Crippen LogP contribution in [0.15, 0.2) is 35.2 Å². The molecule has 0 N–H and O–H groups in total. The Morgan fingerprint density at radius 1 is 0.815 bits per heavy atom. The largest absolute Gasteiger partial charge is 1.00 e. The van der Waals surface area contributed by atoms with Crippen molar-refractivity contribution in [3.05, 3.63) is 41.5 Å². The van der Waals surface area contributed by atoms with E-state index in [4.69, 9.17) is 0 Å². The summed E-state index contributed by atoms with van der Waals surface area (Å²) < 4.78 is 34.1. The fourth-order valence-corrected chi connectivity index (χ4v) is 4.01. The third-order valence-electron chi connectivity index (χ3n) is 4.98. The molecular formula is C22H31NaO3S. The van der Waals surface area contributed by atoms with Crippen molar-refractivity contribution in [1.29, 1.82) is 0 Å². The van der Waals surface area contributed by atoms with Gasteiger partial charge in [-0.3, -0.25) is 0 Å². The Morgan fingerprint density at radius 3 is 2.04 bits per heavy atom. The van der Waals surface area contributed by atoms with Crippen molar-refractivity contribution in [3.63, 3.8) is 0 Å². The topological polar surface area (TPSA) is 57.2 Å². The van der Waals surface area contributed by atoms with E-state index in [1.54, 1.807) is 12.1 Å². The van der Waals surface area contributed by atoms with Gasteiger partial charge in [0.2, 0.25) is 0 Å². The van der Waals surface area contributed by atoms with Crippen molar-refractivity contribution in [2.45, 2.75) is 83.0 Å². The summed E-state index contributed by atoms with van der Waals surface area (Å²) in [5.74, 6) is 0. The molecule has 0 amide bonds. The minimum Gasteiger partial charge on any atom is -0.744 e. The molecule has 0 aromatic heterocycles. The van der Waals surface area contributed by atoms with Crippen molar-refractivity contribution in [3.8, 4) is 0 Å². The van der Waals surface area contributed by atoms with E-state index < -0.39 is 10.1 Å². The van der Waals surface area contributed by atoms with Crippen LogP contribution in [0, 0.1) is 0 Å². The Kier molecular flexibility index (Phi) is 11.2. The van der Waals surface area contributed by atoms with E-state index in [0.717, 1.165) is 36.5 Å². The van der Waals surface area contributed by atoms with Crippen LogP contribution >= 0.6 is 0 Å². The van der Waals surface area contributed by atoms with Crippen LogP contribution in [0.5, 0.6) is 0 Å². The normalized spacial score (nSPS) is 11.5. The maximum atomic E-state index is 11.4. The maximum Gasteiger partial charge on any atom is 1.00 e. The zero-order valence-electron chi connectivity index (χ0n) is 17.1. The summed E-state index contributed by atoms with van der Waals surface area (Å²) in [7, 11) is -4.42. The molecule has 5 heteroatoms. The molecule has 0 fully saturated rings. The Balaban J connectivity index is 0.00000364. The average molecular weight is 399 g/mol. The second kappa shape index (κ2) is 12.2. The van der Waals surface area contributed by atoms with Gasteiger partial charge in [0, 0.05) is 0 Å². The fourth-order valence-electron chi connectivity index (χ4n) is 3.50. The number of hydrogen-bond acceptors (Lipinski definition) is 3. The summed E-state index contributed by atoms with van der Waals surface area (Å²) >= 11 is 0. The predicted molar refractivity (Wildman–Crippen MR) is 108 cm³/mol. The van der Waals surface area contributed by atoms with Crippen molar-refractivity contribution < 1.29 is 42.5 Å². The van der Waals surface area contributed by atoms with Crippen molar-refractivity contribution in [1.82, 2.24) is 0 Å². The zero-order chi connectivity index (χ0) is 19.0. The predicted octanol–water partition coefficient (Wildman–Crippen LogP) is 2.99. The minimum absolute atomic E-state index is 0. The molecule has 0 unspecified atom stereocenters. The third-order valence-corrected chi connectivity index (χ3v) is 5.81. The molecule has 0 saturated carbocycles. The number of hydrogen-bond donors (Lipinski definition) is 0. The van der Waals surface area contributed by atoms with Crippen LogP contribution in [0.25, 0.3) is 10.8 Å². The van der Waals surface area contributed by atoms with Gasteiger partial charge in [0.1, 0.15) is 10.1 Å². The molecule has 0 saturated heterocycles. The SMILES string of the molecule is CCCCCCc1cc(CCCCCC)c2ccc(S(=O)(=O)[O-])cc2c1.[Na+]. The Hall–Kier alpha value is -0.390. The second-order valence-corrected chi connectivity index (χ2v) is 8.59. The van der Waals surface area contributed by atoms with E-state index in [9.17, 15) is 13.0 Å². The van der Waals surface area contributed by atoms with Crippen LogP contribution in [0.2, 0.25) is 0 Å². The summed E-state index contributed by atoms with van der Waals surface area (Å²) in [5.41, 5.74) is 2.53. The van der Waals surface area contributed by atoms with E-state index in [0.29, 0.717) is 0 Å². The molecule has 0 aliphatic rings. The first-order chi connectivity index (χ1) is 12.5. The van der Waals surface area contributed by atoms with Crippen LogP contribution in [-0.2, 0) is 23.0 Å². The monoisotopic (exact) mass is 398 g/mol. The van der Waals surface area contributed by atoms with E-state index in [-0.39, 0.29) is 34.5 Å². The van der Waals surface area contributed by atoms with Crippen LogP contribution in [0.1, 0.15) is 76.3 Å². The van der Waals surface area contributed by atoms with E-state index >= 15 is 0 Å². The van der Waals surface area contributed by atoms with Crippen molar-refractivity contribution >= 4 is 20.9 Å². The molecule has 3 nitrogen and oxygen atoms in total. The summed E-state index contributed by atoms with van der Waals surface area (Å²) in [5, 5.41) is 1.95. The number of fused-ring (bicyclic) bond motifs is 1. The first kappa shape index (κ1) is 24.6. The van der Waals surface area contributed by atoms with Crippen LogP contribution in [0.3, 0.4) is 0 Å². The standard InChI is InChI=1S/C22H32O3S.Na/c1-3-5-7-9-11-18-15-19(12-10-8-6-4-2)22-14-13-21(26(23,24)25)17-20(22)16-18;/h13-17H,3-12H2,1-2H3,(H,23,24,25);/q;+1/p-1. The van der Waals surface area contributed by atoms with E-state index in [1.807, 2.05) is 0 Å². The molecule has 0 atom stereocenters. The van der Waals surface area contributed by atoms with Gasteiger partial charge in [0.25, 0.3) is 0 Å². The van der Waals surface area contributed by atoms with Crippen LogP contribution in [0.4, 0.5) is 0 Å².